The Bertz CT molecular complexity index is 752. The van der Waals surface area contributed by atoms with Gasteiger partial charge < -0.3 is 5.11 Å². The smallest absolute Gasteiger partial charge is 0.162 e. The molecule has 0 aliphatic heterocycles. The molecule has 0 radical (unpaired) electrons. The minimum atomic E-state index is -0.405. The number of aliphatic hydroxyl groups is 1. The lowest BCUT2D eigenvalue weighted by atomic mass is 9.48. The average Bonchev–Trinajstić information content (AvgIpc) is 3.34. The van der Waals surface area contributed by atoms with Crippen LogP contribution in [0.5, 0.6) is 0 Å². The molecule has 0 aromatic carbocycles. The monoisotopic (exact) mass is 400 g/mol. The van der Waals surface area contributed by atoms with Crippen molar-refractivity contribution in [2.75, 3.05) is 0 Å². The number of aromatic nitrogens is 4. The highest BCUT2D eigenvalue weighted by atomic mass is 16.3. The molecule has 0 amide bonds. The normalized spacial score (nSPS) is 46.6. The molecular formula is C23H36N4O2. The Labute approximate surface area is 173 Å². The summed E-state index contributed by atoms with van der Waals surface area (Å²) in [5, 5.41) is 22.5. The van der Waals surface area contributed by atoms with Gasteiger partial charge in [-0.3, -0.25) is 4.79 Å². The summed E-state index contributed by atoms with van der Waals surface area (Å²) in [5.41, 5.74) is -0.262. The van der Waals surface area contributed by atoms with E-state index in [4.69, 9.17) is 0 Å². The van der Waals surface area contributed by atoms with Crippen molar-refractivity contribution in [1.29, 1.82) is 0 Å². The molecule has 160 valence electrons. The first-order chi connectivity index (χ1) is 13.9. The van der Waals surface area contributed by atoms with Crippen LogP contribution in [0.2, 0.25) is 0 Å². The summed E-state index contributed by atoms with van der Waals surface area (Å²) in [6, 6.07) is 0. The van der Waals surface area contributed by atoms with E-state index in [0.29, 0.717) is 11.7 Å². The SMILES string of the molecule is CC[C@@]1(O)CC[C@H]2[C@H](CC[C@@H]3[C@@H]2CC[C@]2(C)[C@@H](C(=O)Cn4ncnn4)CC[C@@H]32)C1. The molecule has 29 heavy (non-hydrogen) atoms. The van der Waals surface area contributed by atoms with Crippen LogP contribution in [-0.2, 0) is 11.3 Å². The van der Waals surface area contributed by atoms with Crippen LogP contribution in [0.3, 0.4) is 0 Å². The molecule has 1 aromatic heterocycles. The molecule has 0 saturated heterocycles. The van der Waals surface area contributed by atoms with Gasteiger partial charge in [0.25, 0.3) is 0 Å². The Hall–Kier alpha value is -1.30. The summed E-state index contributed by atoms with van der Waals surface area (Å²) < 4.78 is 0. The molecule has 4 aliphatic carbocycles. The highest BCUT2D eigenvalue weighted by Gasteiger charge is 2.58. The van der Waals surface area contributed by atoms with Crippen molar-refractivity contribution in [2.45, 2.75) is 90.2 Å². The van der Waals surface area contributed by atoms with E-state index in [1.807, 2.05) is 0 Å². The maximum atomic E-state index is 13.1. The second kappa shape index (κ2) is 7.14. The van der Waals surface area contributed by atoms with Crippen molar-refractivity contribution >= 4 is 5.78 Å². The summed E-state index contributed by atoms with van der Waals surface area (Å²) in [6.45, 7) is 4.81. The number of Topliss-reactive ketones (excluding diaryl/α,β-unsaturated/α-hetero) is 1. The van der Waals surface area contributed by atoms with Crippen molar-refractivity contribution in [1.82, 2.24) is 20.2 Å². The fourth-order valence-electron chi connectivity index (χ4n) is 8.32. The first kappa shape index (κ1) is 19.7. The molecule has 4 fully saturated rings. The Morgan fingerprint density at radius 2 is 1.93 bits per heavy atom. The molecule has 6 heteroatoms. The highest BCUT2D eigenvalue weighted by Crippen LogP contribution is 2.64. The van der Waals surface area contributed by atoms with Crippen molar-refractivity contribution in [3.8, 4) is 0 Å². The van der Waals surface area contributed by atoms with Crippen molar-refractivity contribution < 1.29 is 9.90 Å². The molecular weight excluding hydrogens is 364 g/mol. The molecule has 0 spiro atoms. The Balaban J connectivity index is 1.31. The van der Waals surface area contributed by atoms with Crippen LogP contribution in [0, 0.1) is 40.9 Å². The number of carbonyl (C=O) groups excluding carboxylic acids is 1. The molecule has 4 saturated carbocycles. The number of hydrogen-bond donors (Lipinski definition) is 1. The standard InChI is InChI=1S/C23H36N4O2/c1-3-23(29)11-9-16-15(12-23)4-5-18-17(16)8-10-22(2)19(18)6-7-20(22)21(28)13-27-25-14-24-26-27/h14-20,29H,3-13H2,1-2H3/t15-,16+,17-,18-,19+,20-,22+,23-/m1/s1. The zero-order valence-corrected chi connectivity index (χ0v) is 18.0. The molecule has 8 atom stereocenters. The van der Waals surface area contributed by atoms with Crippen molar-refractivity contribution in [3.63, 3.8) is 0 Å². The third-order valence-electron chi connectivity index (χ3n) is 9.84. The molecule has 5 rings (SSSR count). The largest absolute Gasteiger partial charge is 0.390 e. The van der Waals surface area contributed by atoms with Crippen LogP contribution in [0.4, 0.5) is 0 Å². The van der Waals surface area contributed by atoms with E-state index in [9.17, 15) is 9.90 Å². The molecule has 1 aromatic rings. The number of hydrogen-bond acceptors (Lipinski definition) is 5. The van der Waals surface area contributed by atoms with Gasteiger partial charge in [-0.25, -0.2) is 0 Å². The Morgan fingerprint density at radius 3 is 2.69 bits per heavy atom. The molecule has 0 unspecified atom stereocenters. The number of fused-ring (bicyclic) bond motifs is 5. The molecule has 1 heterocycles. The fraction of sp³-hybridized carbons (Fsp3) is 0.913. The van der Waals surface area contributed by atoms with Crippen LogP contribution in [0.15, 0.2) is 6.33 Å². The lowest BCUT2D eigenvalue weighted by Crippen LogP contribution is -2.51. The average molecular weight is 401 g/mol. The Morgan fingerprint density at radius 1 is 1.10 bits per heavy atom. The van der Waals surface area contributed by atoms with E-state index in [1.165, 1.54) is 49.6 Å². The predicted molar refractivity (Wildman–Crippen MR) is 109 cm³/mol. The van der Waals surface area contributed by atoms with Crippen molar-refractivity contribution in [2.24, 2.45) is 40.9 Å². The molecule has 6 nitrogen and oxygen atoms in total. The summed E-state index contributed by atoms with van der Waals surface area (Å²) in [5.74, 6) is 4.26. The van der Waals surface area contributed by atoms with Gasteiger partial charge >= 0.3 is 0 Å². The zero-order chi connectivity index (χ0) is 20.2. The quantitative estimate of drug-likeness (QED) is 0.834. The number of rotatable bonds is 4. The molecule has 0 bridgehead atoms. The summed E-state index contributed by atoms with van der Waals surface area (Å²) in [7, 11) is 0. The van der Waals surface area contributed by atoms with Crippen molar-refractivity contribution in [3.05, 3.63) is 6.33 Å². The van der Waals surface area contributed by atoms with E-state index >= 15 is 0 Å². The molecule has 4 aliphatic rings. The number of tetrazole rings is 1. The van der Waals surface area contributed by atoms with Gasteiger partial charge in [0, 0.05) is 5.92 Å². The summed E-state index contributed by atoms with van der Waals surface area (Å²) in [6.07, 6.45) is 12.8. The van der Waals surface area contributed by atoms with Gasteiger partial charge in [0.2, 0.25) is 0 Å². The lowest BCUT2D eigenvalue weighted by Gasteiger charge is -2.57. The number of nitrogens with zero attached hydrogens (tertiary/aromatic N) is 4. The van der Waals surface area contributed by atoms with Crippen LogP contribution in [-0.4, -0.2) is 36.7 Å². The van der Waals surface area contributed by atoms with Gasteiger partial charge in [-0.15, -0.1) is 10.2 Å². The zero-order valence-electron chi connectivity index (χ0n) is 18.0. The minimum Gasteiger partial charge on any atom is -0.390 e. The van der Waals surface area contributed by atoms with E-state index in [-0.39, 0.29) is 17.9 Å². The third kappa shape index (κ3) is 3.17. The van der Waals surface area contributed by atoms with Gasteiger partial charge in [-0.05, 0) is 104 Å². The van der Waals surface area contributed by atoms with Gasteiger partial charge in [0.05, 0.1) is 5.60 Å². The van der Waals surface area contributed by atoms with E-state index in [0.717, 1.165) is 49.4 Å². The van der Waals surface area contributed by atoms with Crippen LogP contribution in [0.25, 0.3) is 0 Å². The maximum absolute atomic E-state index is 13.1. The lowest BCUT2D eigenvalue weighted by molar-refractivity contribution is -0.133. The topological polar surface area (TPSA) is 80.9 Å². The number of ketones is 1. The van der Waals surface area contributed by atoms with E-state index < -0.39 is 5.60 Å². The second-order valence-corrected chi connectivity index (χ2v) is 10.9. The Kier molecular flexibility index (Phi) is 4.84. The van der Waals surface area contributed by atoms with Gasteiger partial charge in [-0.2, -0.15) is 4.80 Å². The van der Waals surface area contributed by atoms with Gasteiger partial charge in [0.1, 0.15) is 6.54 Å². The van der Waals surface area contributed by atoms with Gasteiger partial charge in [0.15, 0.2) is 12.1 Å². The van der Waals surface area contributed by atoms with Crippen LogP contribution in [0.1, 0.15) is 78.1 Å². The summed E-state index contributed by atoms with van der Waals surface area (Å²) in [4.78, 5) is 14.5. The third-order valence-corrected chi connectivity index (χ3v) is 9.84. The van der Waals surface area contributed by atoms with E-state index in [1.54, 1.807) is 0 Å². The minimum absolute atomic E-state index is 0.143. The van der Waals surface area contributed by atoms with Crippen LogP contribution >= 0.6 is 0 Å². The number of carbonyl (C=O) groups is 1. The molecule has 1 N–H and O–H groups in total. The van der Waals surface area contributed by atoms with E-state index in [2.05, 4.69) is 29.3 Å². The van der Waals surface area contributed by atoms with Gasteiger partial charge in [-0.1, -0.05) is 13.8 Å². The predicted octanol–water partition coefficient (Wildman–Crippen LogP) is 3.65. The first-order valence-electron chi connectivity index (χ1n) is 11.9. The van der Waals surface area contributed by atoms with Crippen LogP contribution < -0.4 is 0 Å². The first-order valence-corrected chi connectivity index (χ1v) is 11.9. The summed E-state index contributed by atoms with van der Waals surface area (Å²) >= 11 is 0. The second-order valence-electron chi connectivity index (χ2n) is 10.9. The highest BCUT2D eigenvalue weighted by molar-refractivity contribution is 5.81. The maximum Gasteiger partial charge on any atom is 0.162 e. The fourth-order valence-corrected chi connectivity index (χ4v) is 8.32.